The summed E-state index contributed by atoms with van der Waals surface area (Å²) < 4.78 is 68.6. The highest BCUT2D eigenvalue weighted by Gasteiger charge is 2.28. The molecule has 0 aliphatic carbocycles. The molecule has 0 spiro atoms. The summed E-state index contributed by atoms with van der Waals surface area (Å²) in [6.45, 7) is 1.47. The van der Waals surface area contributed by atoms with E-state index in [0.717, 1.165) is 0 Å². The van der Waals surface area contributed by atoms with Crippen molar-refractivity contribution in [1.29, 1.82) is 0 Å². The molecule has 2 aromatic carbocycles. The minimum atomic E-state index is -4.43. The summed E-state index contributed by atoms with van der Waals surface area (Å²) in [4.78, 5) is 11.2. The first-order chi connectivity index (χ1) is 13.0. The third-order valence-corrected chi connectivity index (χ3v) is 5.13. The molecule has 28 heavy (non-hydrogen) atoms. The van der Waals surface area contributed by atoms with Crippen molar-refractivity contribution in [3.63, 3.8) is 0 Å². The summed E-state index contributed by atoms with van der Waals surface area (Å²) in [5.74, 6) is -0.296. The number of hydrogen-bond donors (Lipinski definition) is 2. The Morgan fingerprint density at radius 3 is 2.32 bits per heavy atom. The number of carbonyl (C=O) groups excluding carboxylic acids is 1. The lowest BCUT2D eigenvalue weighted by molar-refractivity contribution is -0.153. The number of benzene rings is 2. The van der Waals surface area contributed by atoms with Crippen molar-refractivity contribution in [1.82, 2.24) is 4.72 Å². The van der Waals surface area contributed by atoms with E-state index >= 15 is 0 Å². The van der Waals surface area contributed by atoms with Gasteiger partial charge in [-0.15, -0.1) is 0 Å². The molecule has 2 rings (SSSR count). The number of sulfonamides is 1. The molecule has 0 aliphatic heterocycles. The molecule has 0 atom stereocenters. The van der Waals surface area contributed by atoms with Crippen molar-refractivity contribution in [2.75, 3.05) is 11.9 Å². The Hall–Kier alpha value is -2.59. The lowest BCUT2D eigenvalue weighted by Gasteiger charge is -2.12. The van der Waals surface area contributed by atoms with Gasteiger partial charge in [0, 0.05) is 19.2 Å². The van der Waals surface area contributed by atoms with Crippen LogP contribution in [0.1, 0.15) is 18.1 Å². The number of rotatable bonds is 7. The second-order valence-corrected chi connectivity index (χ2v) is 7.77. The van der Waals surface area contributed by atoms with E-state index < -0.39 is 22.8 Å². The maximum Gasteiger partial charge on any atom is 0.422 e. The molecular weight excluding hydrogens is 397 g/mol. The first-order valence-corrected chi connectivity index (χ1v) is 9.61. The quantitative estimate of drug-likeness (QED) is 0.725. The van der Waals surface area contributed by atoms with Crippen LogP contribution in [-0.2, 0) is 21.4 Å². The van der Waals surface area contributed by atoms with Gasteiger partial charge in [0.15, 0.2) is 6.61 Å². The highest BCUT2D eigenvalue weighted by molar-refractivity contribution is 7.89. The number of alkyl halides is 3. The van der Waals surface area contributed by atoms with Gasteiger partial charge in [-0.1, -0.05) is 18.2 Å². The molecule has 0 saturated carbocycles. The molecule has 2 aromatic rings. The number of carbonyl (C=O) groups is 1. The third-order valence-electron chi connectivity index (χ3n) is 3.59. The van der Waals surface area contributed by atoms with E-state index in [1.807, 2.05) is 0 Å². The molecule has 2 N–H and O–H groups in total. The molecule has 0 radical (unpaired) electrons. The largest absolute Gasteiger partial charge is 0.484 e. The Morgan fingerprint density at radius 1 is 1.11 bits per heavy atom. The van der Waals surface area contributed by atoms with Gasteiger partial charge in [0.05, 0.1) is 4.90 Å². The second kappa shape index (κ2) is 8.61. The van der Waals surface area contributed by atoms with Gasteiger partial charge in [-0.25, -0.2) is 13.1 Å². The highest BCUT2D eigenvalue weighted by atomic mass is 32.2. The molecule has 0 aliphatic rings. The second-order valence-electron chi connectivity index (χ2n) is 6.03. The molecule has 0 saturated heterocycles. The summed E-state index contributed by atoms with van der Waals surface area (Å²) in [6, 6.07) is 10.1. The van der Waals surface area contributed by atoms with Gasteiger partial charge in [0.1, 0.15) is 5.75 Å². The Kier molecular flexibility index (Phi) is 6.68. The smallest absolute Gasteiger partial charge is 0.422 e. The Bertz CT molecular complexity index is 942. The van der Waals surface area contributed by atoms with Crippen LogP contribution in [0.15, 0.2) is 47.4 Å². The summed E-state index contributed by atoms with van der Waals surface area (Å²) in [6.07, 6.45) is -4.43. The highest BCUT2D eigenvalue weighted by Crippen LogP contribution is 2.21. The SMILES string of the molecule is CC(=O)Nc1ccc(C)c(S(=O)(=O)NCc2ccc(OCC(F)(F)F)cc2)c1. The minimum absolute atomic E-state index is 0.0175. The number of anilines is 1. The maximum atomic E-state index is 12.6. The summed E-state index contributed by atoms with van der Waals surface area (Å²) in [5.41, 5.74) is 1.39. The zero-order chi connectivity index (χ0) is 20.9. The van der Waals surface area contributed by atoms with Crippen LogP contribution in [0, 0.1) is 6.92 Å². The number of nitrogens with one attached hydrogen (secondary N) is 2. The predicted octanol–water partition coefficient (Wildman–Crippen LogP) is 3.37. The van der Waals surface area contributed by atoms with Crippen LogP contribution in [0.4, 0.5) is 18.9 Å². The molecule has 0 unspecified atom stereocenters. The molecule has 0 bridgehead atoms. The van der Waals surface area contributed by atoms with E-state index in [-0.39, 0.29) is 23.1 Å². The topological polar surface area (TPSA) is 84.5 Å². The number of aryl methyl sites for hydroxylation is 1. The van der Waals surface area contributed by atoms with Crippen molar-refractivity contribution in [3.8, 4) is 5.75 Å². The van der Waals surface area contributed by atoms with E-state index in [1.165, 1.54) is 37.3 Å². The van der Waals surface area contributed by atoms with E-state index in [9.17, 15) is 26.4 Å². The maximum absolute atomic E-state index is 12.6. The monoisotopic (exact) mass is 416 g/mol. The van der Waals surface area contributed by atoms with Gasteiger partial charge >= 0.3 is 6.18 Å². The van der Waals surface area contributed by atoms with Gasteiger partial charge in [0.2, 0.25) is 15.9 Å². The molecule has 6 nitrogen and oxygen atoms in total. The molecule has 0 fully saturated rings. The Morgan fingerprint density at radius 2 is 1.75 bits per heavy atom. The van der Waals surface area contributed by atoms with Crippen LogP contribution in [0.3, 0.4) is 0 Å². The van der Waals surface area contributed by atoms with Crippen molar-refractivity contribution < 1.29 is 31.1 Å². The number of ether oxygens (including phenoxy) is 1. The third kappa shape index (κ3) is 6.54. The Labute approximate surface area is 160 Å². The molecule has 152 valence electrons. The fourth-order valence-corrected chi connectivity index (χ4v) is 3.58. The molecule has 10 heteroatoms. The molecular formula is C18H19F3N2O4S. The van der Waals surface area contributed by atoms with Crippen LogP contribution >= 0.6 is 0 Å². The normalized spacial score (nSPS) is 11.9. The van der Waals surface area contributed by atoms with E-state index in [2.05, 4.69) is 14.8 Å². The van der Waals surface area contributed by atoms with Crippen LogP contribution in [-0.4, -0.2) is 27.1 Å². The van der Waals surface area contributed by atoms with Crippen molar-refractivity contribution in [2.45, 2.75) is 31.5 Å². The van der Waals surface area contributed by atoms with Gasteiger partial charge < -0.3 is 10.1 Å². The molecule has 1 amide bonds. The lowest BCUT2D eigenvalue weighted by Crippen LogP contribution is -2.24. The molecule has 0 heterocycles. The van der Waals surface area contributed by atoms with E-state index in [4.69, 9.17) is 0 Å². The predicted molar refractivity (Wildman–Crippen MR) is 97.5 cm³/mol. The average Bonchev–Trinajstić information content (AvgIpc) is 2.59. The fraction of sp³-hybridized carbons (Fsp3) is 0.278. The number of hydrogen-bond acceptors (Lipinski definition) is 4. The van der Waals surface area contributed by atoms with E-state index in [0.29, 0.717) is 16.8 Å². The van der Waals surface area contributed by atoms with Gasteiger partial charge in [-0.05, 0) is 42.3 Å². The van der Waals surface area contributed by atoms with Crippen LogP contribution in [0.2, 0.25) is 0 Å². The first-order valence-electron chi connectivity index (χ1n) is 8.13. The zero-order valence-electron chi connectivity index (χ0n) is 15.1. The van der Waals surface area contributed by atoms with Crippen molar-refractivity contribution >= 4 is 21.6 Å². The number of amides is 1. The fourth-order valence-electron chi connectivity index (χ4n) is 2.30. The number of halogens is 3. The van der Waals surface area contributed by atoms with Gasteiger partial charge in [-0.3, -0.25) is 4.79 Å². The summed E-state index contributed by atoms with van der Waals surface area (Å²) in [7, 11) is -3.87. The van der Waals surface area contributed by atoms with Crippen molar-refractivity contribution in [3.05, 3.63) is 53.6 Å². The van der Waals surface area contributed by atoms with Crippen LogP contribution in [0.25, 0.3) is 0 Å². The minimum Gasteiger partial charge on any atom is -0.484 e. The summed E-state index contributed by atoms with van der Waals surface area (Å²) in [5, 5.41) is 2.52. The summed E-state index contributed by atoms with van der Waals surface area (Å²) >= 11 is 0. The van der Waals surface area contributed by atoms with Crippen molar-refractivity contribution in [2.24, 2.45) is 0 Å². The van der Waals surface area contributed by atoms with Gasteiger partial charge in [0.25, 0.3) is 0 Å². The first kappa shape index (κ1) is 21.7. The zero-order valence-corrected chi connectivity index (χ0v) is 15.9. The lowest BCUT2D eigenvalue weighted by atomic mass is 10.2. The molecule has 0 aromatic heterocycles. The van der Waals surface area contributed by atoms with Crippen LogP contribution < -0.4 is 14.8 Å². The average molecular weight is 416 g/mol. The standard InChI is InChI=1S/C18H19F3N2O4S/c1-12-3-6-15(23-13(2)24)9-17(12)28(25,26)22-10-14-4-7-16(8-5-14)27-11-18(19,20)21/h3-9,22H,10-11H2,1-2H3,(H,23,24). The van der Waals surface area contributed by atoms with Crippen LogP contribution in [0.5, 0.6) is 5.75 Å². The Balaban J connectivity index is 2.06. The van der Waals surface area contributed by atoms with E-state index in [1.54, 1.807) is 19.1 Å². The van der Waals surface area contributed by atoms with Gasteiger partial charge in [-0.2, -0.15) is 13.2 Å².